The quantitative estimate of drug-likeness (QED) is 0.754. The summed E-state index contributed by atoms with van der Waals surface area (Å²) in [6.07, 6.45) is 4.90. The van der Waals surface area contributed by atoms with E-state index in [0.29, 0.717) is 0 Å². The van der Waals surface area contributed by atoms with Gasteiger partial charge in [0.2, 0.25) is 0 Å². The molecule has 1 atom stereocenters. The van der Waals surface area contributed by atoms with Crippen molar-refractivity contribution in [1.82, 2.24) is 9.97 Å². The van der Waals surface area contributed by atoms with Crippen molar-refractivity contribution in [3.8, 4) is 11.3 Å². The van der Waals surface area contributed by atoms with Crippen LogP contribution >= 0.6 is 0 Å². The summed E-state index contributed by atoms with van der Waals surface area (Å²) in [4.78, 5) is 8.13. The molecule has 0 amide bonds. The molecule has 2 aromatic rings. The maximum Gasteiger partial charge on any atom is 0.0885 e. The molecule has 0 N–H and O–H groups in total. The van der Waals surface area contributed by atoms with Crippen molar-refractivity contribution in [1.29, 1.82) is 0 Å². The normalized spacial score (nSPS) is 12.3. The lowest BCUT2D eigenvalue weighted by molar-refractivity contribution is 0.536. The van der Waals surface area contributed by atoms with Crippen LogP contribution in [0.3, 0.4) is 0 Å². The van der Waals surface area contributed by atoms with E-state index in [0.717, 1.165) is 16.8 Å². The monoisotopic (exact) mass is 233 g/mol. The van der Waals surface area contributed by atoms with Crippen LogP contribution in [0.4, 0.5) is 0 Å². The molecule has 0 spiro atoms. The molecule has 1 heterocycles. The third kappa shape index (κ3) is 2.71. The molecule has 1 unspecified atom stereocenters. The molecule has 0 aliphatic heterocycles. The maximum atomic E-state index is 10.5. The molecule has 0 radical (unpaired) electrons. The van der Waals surface area contributed by atoms with Crippen LogP contribution in [-0.2, 0) is 16.8 Å². The Balaban J connectivity index is 2.23. The lowest BCUT2D eigenvalue weighted by atomic mass is 10.1. The van der Waals surface area contributed by atoms with Gasteiger partial charge in [0.1, 0.15) is 0 Å². The highest BCUT2D eigenvalue weighted by atomic mass is 32.2. The van der Waals surface area contributed by atoms with Gasteiger partial charge in [-0.25, -0.2) is 0 Å². The van der Waals surface area contributed by atoms with Gasteiger partial charge in [0, 0.05) is 23.7 Å². The molecule has 0 saturated carbocycles. The van der Waals surface area contributed by atoms with Gasteiger partial charge in [-0.1, -0.05) is 35.3 Å². The third-order valence-electron chi connectivity index (χ3n) is 2.10. The van der Waals surface area contributed by atoms with Gasteiger partial charge in [-0.05, 0) is 5.56 Å². The molecular weight excluding hydrogens is 224 g/mol. The summed E-state index contributed by atoms with van der Waals surface area (Å²) in [5, 5.41) is 0. The standard InChI is InChI=1S/C11H10N2O2S/c14-16(15)8-9-1-3-10(4-2-9)11-7-12-5-6-13-11/h1-7H,8H2,(H,14,15)/p-1. The average Bonchev–Trinajstić information content (AvgIpc) is 2.30. The molecule has 0 aliphatic carbocycles. The minimum absolute atomic E-state index is 0.0424. The van der Waals surface area contributed by atoms with Crippen molar-refractivity contribution < 1.29 is 8.76 Å². The number of nitrogens with zero attached hydrogens (tertiary/aromatic N) is 2. The molecule has 1 aromatic heterocycles. The Hall–Kier alpha value is -1.59. The molecule has 4 nitrogen and oxygen atoms in total. The van der Waals surface area contributed by atoms with Gasteiger partial charge in [-0.3, -0.25) is 14.2 Å². The van der Waals surface area contributed by atoms with E-state index in [1.165, 1.54) is 0 Å². The first kappa shape index (κ1) is 10.9. The summed E-state index contributed by atoms with van der Waals surface area (Å²) in [7, 11) is 0. The number of aromatic nitrogens is 2. The molecule has 16 heavy (non-hydrogen) atoms. The van der Waals surface area contributed by atoms with Gasteiger partial charge in [-0.15, -0.1) is 0 Å². The van der Waals surface area contributed by atoms with Gasteiger partial charge >= 0.3 is 0 Å². The number of hydrogen-bond donors (Lipinski definition) is 0. The van der Waals surface area contributed by atoms with E-state index >= 15 is 0 Å². The van der Waals surface area contributed by atoms with Crippen molar-refractivity contribution in [2.24, 2.45) is 0 Å². The lowest BCUT2D eigenvalue weighted by Crippen LogP contribution is -1.93. The third-order valence-corrected chi connectivity index (χ3v) is 2.67. The molecule has 82 valence electrons. The van der Waals surface area contributed by atoms with Crippen LogP contribution in [0.5, 0.6) is 0 Å². The molecule has 0 saturated heterocycles. The van der Waals surface area contributed by atoms with Crippen LogP contribution in [0.1, 0.15) is 5.56 Å². The Kier molecular flexibility index (Phi) is 3.38. The van der Waals surface area contributed by atoms with E-state index in [9.17, 15) is 8.76 Å². The first-order chi connectivity index (χ1) is 7.75. The van der Waals surface area contributed by atoms with Crippen LogP contribution in [0, 0.1) is 0 Å². The number of hydrogen-bond acceptors (Lipinski definition) is 4. The van der Waals surface area contributed by atoms with Crippen LogP contribution in [-0.4, -0.2) is 18.7 Å². The molecule has 1 aromatic carbocycles. The first-order valence-electron chi connectivity index (χ1n) is 4.67. The molecule has 2 rings (SSSR count). The largest absolute Gasteiger partial charge is 0.772 e. The summed E-state index contributed by atoms with van der Waals surface area (Å²) in [6.45, 7) is 0. The highest BCUT2D eigenvalue weighted by Crippen LogP contribution is 2.16. The molecule has 0 bridgehead atoms. The zero-order valence-corrected chi connectivity index (χ0v) is 9.18. The molecule has 5 heteroatoms. The Labute approximate surface area is 95.7 Å². The Bertz CT molecular complexity index is 485. The summed E-state index contributed by atoms with van der Waals surface area (Å²) < 4.78 is 21.0. The second-order valence-corrected chi connectivity index (χ2v) is 4.13. The topological polar surface area (TPSA) is 65.9 Å². The van der Waals surface area contributed by atoms with Gasteiger partial charge in [0.25, 0.3) is 0 Å². The SMILES string of the molecule is O=S([O-])Cc1ccc(-c2cnccn2)cc1. The fourth-order valence-corrected chi connectivity index (χ4v) is 1.82. The number of rotatable bonds is 3. The van der Waals surface area contributed by atoms with Crippen molar-refractivity contribution in [3.63, 3.8) is 0 Å². The van der Waals surface area contributed by atoms with Crippen molar-refractivity contribution in [3.05, 3.63) is 48.4 Å². The zero-order chi connectivity index (χ0) is 11.4. The average molecular weight is 233 g/mol. The van der Waals surface area contributed by atoms with Gasteiger partial charge in [-0.2, -0.15) is 0 Å². The predicted octanol–water partition coefficient (Wildman–Crippen LogP) is 1.52. The minimum Gasteiger partial charge on any atom is -0.772 e. The van der Waals surface area contributed by atoms with Gasteiger partial charge < -0.3 is 4.55 Å². The fourth-order valence-electron chi connectivity index (χ4n) is 1.36. The van der Waals surface area contributed by atoms with Crippen LogP contribution in [0.15, 0.2) is 42.9 Å². The summed E-state index contributed by atoms with van der Waals surface area (Å²) in [5.74, 6) is 0.0424. The summed E-state index contributed by atoms with van der Waals surface area (Å²) in [6, 6.07) is 7.23. The minimum atomic E-state index is -2.05. The first-order valence-corrected chi connectivity index (χ1v) is 5.91. The van der Waals surface area contributed by atoms with Crippen LogP contribution in [0.2, 0.25) is 0 Å². The van der Waals surface area contributed by atoms with E-state index in [1.54, 1.807) is 30.7 Å². The Morgan fingerprint density at radius 1 is 1.19 bits per heavy atom. The van der Waals surface area contributed by atoms with E-state index in [1.807, 2.05) is 12.1 Å². The fraction of sp³-hybridized carbons (Fsp3) is 0.0909. The summed E-state index contributed by atoms with van der Waals surface area (Å²) in [5.41, 5.74) is 2.46. The highest BCUT2D eigenvalue weighted by molar-refractivity contribution is 7.78. The second-order valence-electron chi connectivity index (χ2n) is 3.24. The second kappa shape index (κ2) is 4.96. The van der Waals surface area contributed by atoms with Gasteiger partial charge in [0.15, 0.2) is 0 Å². The summed E-state index contributed by atoms with van der Waals surface area (Å²) >= 11 is -2.05. The van der Waals surface area contributed by atoms with E-state index in [2.05, 4.69) is 9.97 Å². The smallest absolute Gasteiger partial charge is 0.0885 e. The molecule has 0 fully saturated rings. The van der Waals surface area contributed by atoms with E-state index in [-0.39, 0.29) is 5.75 Å². The Morgan fingerprint density at radius 3 is 2.50 bits per heavy atom. The Morgan fingerprint density at radius 2 is 1.94 bits per heavy atom. The van der Waals surface area contributed by atoms with Crippen LogP contribution in [0.25, 0.3) is 11.3 Å². The predicted molar refractivity (Wildman–Crippen MR) is 60.1 cm³/mol. The maximum absolute atomic E-state index is 10.5. The van der Waals surface area contributed by atoms with Gasteiger partial charge in [0.05, 0.1) is 11.9 Å². The molecular formula is C11H9N2O2S-. The van der Waals surface area contributed by atoms with Crippen molar-refractivity contribution in [2.45, 2.75) is 5.75 Å². The van der Waals surface area contributed by atoms with E-state index in [4.69, 9.17) is 0 Å². The lowest BCUT2D eigenvalue weighted by Gasteiger charge is -2.05. The van der Waals surface area contributed by atoms with Crippen molar-refractivity contribution in [2.75, 3.05) is 0 Å². The number of benzene rings is 1. The van der Waals surface area contributed by atoms with E-state index < -0.39 is 11.1 Å². The van der Waals surface area contributed by atoms with Crippen LogP contribution < -0.4 is 0 Å². The van der Waals surface area contributed by atoms with Crippen molar-refractivity contribution >= 4 is 11.1 Å². The zero-order valence-electron chi connectivity index (χ0n) is 8.37. The highest BCUT2D eigenvalue weighted by Gasteiger charge is 1.99. The molecule has 0 aliphatic rings.